The Bertz CT molecular complexity index is 898. The molecule has 0 N–H and O–H groups in total. The third-order valence-corrected chi connectivity index (χ3v) is 3.56. The lowest BCUT2D eigenvalue weighted by Crippen LogP contribution is -2.03. The van der Waals surface area contributed by atoms with Gasteiger partial charge in [-0.1, -0.05) is 12.1 Å². The van der Waals surface area contributed by atoms with Crippen LogP contribution in [0.5, 0.6) is 11.5 Å². The summed E-state index contributed by atoms with van der Waals surface area (Å²) in [7, 11) is 3.10. The molecule has 0 atom stereocenters. The summed E-state index contributed by atoms with van der Waals surface area (Å²) in [6.45, 7) is 0.302. The molecule has 1 heterocycles. The summed E-state index contributed by atoms with van der Waals surface area (Å²) in [6.07, 6.45) is 0. The van der Waals surface area contributed by atoms with Gasteiger partial charge in [0.15, 0.2) is 13.6 Å². The summed E-state index contributed by atoms with van der Waals surface area (Å²) in [5, 5.41) is 0.805. The van der Waals surface area contributed by atoms with Gasteiger partial charge in [-0.3, -0.25) is 0 Å². The molecule has 25 heavy (non-hydrogen) atoms. The lowest BCUT2D eigenvalue weighted by molar-refractivity contribution is 0.0510. The van der Waals surface area contributed by atoms with Gasteiger partial charge in [0.05, 0.1) is 5.56 Å². The standard InChI is InChI=1S/C19H18O6/c1-21-11-23-15-6-3-13(4-7-15)17-9-14-5-8-16(24-12-22-2)10-18(14)25-19(17)20/h3-10H,11-12H2,1-2H3. The average molecular weight is 342 g/mol. The first-order chi connectivity index (χ1) is 12.2. The highest BCUT2D eigenvalue weighted by atomic mass is 16.7. The van der Waals surface area contributed by atoms with E-state index in [1.54, 1.807) is 56.7 Å². The summed E-state index contributed by atoms with van der Waals surface area (Å²) in [5.74, 6) is 1.24. The van der Waals surface area contributed by atoms with E-state index >= 15 is 0 Å². The molecule has 130 valence electrons. The molecule has 0 amide bonds. The molecule has 3 rings (SSSR count). The molecule has 6 heteroatoms. The summed E-state index contributed by atoms with van der Waals surface area (Å²) in [6, 6.07) is 14.3. The van der Waals surface area contributed by atoms with E-state index in [2.05, 4.69) is 0 Å². The molecule has 0 radical (unpaired) electrons. The van der Waals surface area contributed by atoms with Gasteiger partial charge in [0.1, 0.15) is 17.1 Å². The fourth-order valence-corrected chi connectivity index (χ4v) is 2.37. The Labute approximate surface area is 144 Å². The Balaban J connectivity index is 1.91. The lowest BCUT2D eigenvalue weighted by atomic mass is 10.1. The van der Waals surface area contributed by atoms with E-state index in [4.69, 9.17) is 23.4 Å². The molecule has 0 aliphatic rings. The van der Waals surface area contributed by atoms with Crippen LogP contribution < -0.4 is 15.1 Å². The van der Waals surface area contributed by atoms with Crippen LogP contribution in [0.1, 0.15) is 0 Å². The quantitative estimate of drug-likeness (QED) is 0.484. The van der Waals surface area contributed by atoms with Crippen LogP contribution in [0, 0.1) is 0 Å². The third kappa shape index (κ3) is 3.99. The van der Waals surface area contributed by atoms with Crippen molar-refractivity contribution < 1.29 is 23.4 Å². The van der Waals surface area contributed by atoms with Crippen molar-refractivity contribution in [3.63, 3.8) is 0 Å². The molecule has 0 unspecified atom stereocenters. The maximum absolute atomic E-state index is 12.3. The van der Waals surface area contributed by atoms with Crippen LogP contribution in [0.3, 0.4) is 0 Å². The van der Waals surface area contributed by atoms with Crippen molar-refractivity contribution in [1.29, 1.82) is 0 Å². The van der Waals surface area contributed by atoms with Crippen LogP contribution in [0.25, 0.3) is 22.1 Å². The first-order valence-corrected chi connectivity index (χ1v) is 7.63. The Kier molecular flexibility index (Phi) is 5.33. The minimum atomic E-state index is -0.415. The molecule has 3 aromatic rings. The van der Waals surface area contributed by atoms with Crippen LogP contribution >= 0.6 is 0 Å². The molecule has 0 saturated carbocycles. The zero-order valence-corrected chi connectivity index (χ0v) is 14.0. The highest BCUT2D eigenvalue weighted by Gasteiger charge is 2.09. The van der Waals surface area contributed by atoms with Gasteiger partial charge in [-0.05, 0) is 35.9 Å². The van der Waals surface area contributed by atoms with Gasteiger partial charge in [-0.2, -0.15) is 0 Å². The SMILES string of the molecule is COCOc1ccc(-c2cc3ccc(OCOC)cc3oc2=O)cc1. The van der Waals surface area contributed by atoms with Crippen molar-refractivity contribution in [2.45, 2.75) is 0 Å². The number of methoxy groups -OCH3 is 2. The van der Waals surface area contributed by atoms with Crippen LogP contribution in [-0.2, 0) is 9.47 Å². The average Bonchev–Trinajstić information content (AvgIpc) is 2.64. The Morgan fingerprint density at radius 2 is 1.48 bits per heavy atom. The van der Waals surface area contributed by atoms with E-state index in [0.29, 0.717) is 22.6 Å². The molecule has 0 fully saturated rings. The van der Waals surface area contributed by atoms with Crippen molar-refractivity contribution >= 4 is 11.0 Å². The van der Waals surface area contributed by atoms with Crippen molar-refractivity contribution in [2.24, 2.45) is 0 Å². The van der Waals surface area contributed by atoms with Crippen molar-refractivity contribution in [3.8, 4) is 22.6 Å². The smallest absolute Gasteiger partial charge is 0.344 e. The predicted octanol–water partition coefficient (Wildman–Crippen LogP) is 3.43. The van der Waals surface area contributed by atoms with Gasteiger partial charge in [0.25, 0.3) is 0 Å². The predicted molar refractivity (Wildman–Crippen MR) is 92.9 cm³/mol. The molecule has 1 aromatic heterocycles. The van der Waals surface area contributed by atoms with E-state index in [1.165, 1.54) is 0 Å². The minimum absolute atomic E-state index is 0.130. The van der Waals surface area contributed by atoms with Crippen molar-refractivity contribution in [1.82, 2.24) is 0 Å². The largest absolute Gasteiger partial charge is 0.468 e. The Morgan fingerprint density at radius 3 is 2.16 bits per heavy atom. The van der Waals surface area contributed by atoms with Gasteiger partial charge in [0.2, 0.25) is 0 Å². The zero-order chi connectivity index (χ0) is 17.6. The number of hydrogen-bond acceptors (Lipinski definition) is 6. The molecule has 0 aliphatic heterocycles. The highest BCUT2D eigenvalue weighted by molar-refractivity contribution is 5.82. The number of benzene rings is 2. The van der Waals surface area contributed by atoms with Crippen LogP contribution in [0.4, 0.5) is 0 Å². The summed E-state index contributed by atoms with van der Waals surface area (Å²) < 4.78 is 25.9. The summed E-state index contributed by atoms with van der Waals surface area (Å²) >= 11 is 0. The molecule has 2 aromatic carbocycles. The maximum Gasteiger partial charge on any atom is 0.344 e. The van der Waals surface area contributed by atoms with Gasteiger partial charge in [-0.15, -0.1) is 0 Å². The van der Waals surface area contributed by atoms with Crippen molar-refractivity contribution in [2.75, 3.05) is 27.8 Å². The molecule has 0 saturated heterocycles. The third-order valence-electron chi connectivity index (χ3n) is 3.56. The van der Waals surface area contributed by atoms with E-state index in [0.717, 1.165) is 10.9 Å². The normalized spacial score (nSPS) is 10.8. The fraction of sp³-hybridized carbons (Fsp3) is 0.211. The molecule has 6 nitrogen and oxygen atoms in total. The lowest BCUT2D eigenvalue weighted by Gasteiger charge is -2.07. The summed E-state index contributed by atoms with van der Waals surface area (Å²) in [5.41, 5.74) is 1.28. The Hall–Kier alpha value is -2.83. The first kappa shape index (κ1) is 17.0. The molecule has 0 spiro atoms. The second-order valence-electron chi connectivity index (χ2n) is 5.27. The van der Waals surface area contributed by atoms with Gasteiger partial charge >= 0.3 is 5.63 Å². The molecule has 0 bridgehead atoms. The Morgan fingerprint density at radius 1 is 0.840 bits per heavy atom. The van der Waals surface area contributed by atoms with Crippen LogP contribution in [0.2, 0.25) is 0 Å². The number of rotatable bonds is 7. The summed E-state index contributed by atoms with van der Waals surface area (Å²) in [4.78, 5) is 12.3. The number of fused-ring (bicyclic) bond motifs is 1. The van der Waals surface area contributed by atoms with Gasteiger partial charge in [0, 0.05) is 25.7 Å². The number of hydrogen-bond donors (Lipinski definition) is 0. The van der Waals surface area contributed by atoms with Gasteiger partial charge < -0.3 is 23.4 Å². The first-order valence-electron chi connectivity index (χ1n) is 7.63. The van der Waals surface area contributed by atoms with Gasteiger partial charge in [-0.25, -0.2) is 4.79 Å². The minimum Gasteiger partial charge on any atom is -0.468 e. The molecular formula is C19H18O6. The zero-order valence-electron chi connectivity index (χ0n) is 14.0. The van der Waals surface area contributed by atoms with Crippen molar-refractivity contribution in [3.05, 3.63) is 59.0 Å². The number of ether oxygens (including phenoxy) is 4. The second-order valence-corrected chi connectivity index (χ2v) is 5.27. The highest BCUT2D eigenvalue weighted by Crippen LogP contribution is 2.25. The second kappa shape index (κ2) is 7.83. The topological polar surface area (TPSA) is 67.1 Å². The van der Waals surface area contributed by atoms with E-state index in [1.807, 2.05) is 6.07 Å². The monoisotopic (exact) mass is 342 g/mol. The van der Waals surface area contributed by atoms with E-state index in [9.17, 15) is 4.79 Å². The fourth-order valence-electron chi connectivity index (χ4n) is 2.37. The van der Waals surface area contributed by atoms with E-state index in [-0.39, 0.29) is 13.6 Å². The van der Waals surface area contributed by atoms with Crippen LogP contribution in [0.15, 0.2) is 57.7 Å². The van der Waals surface area contributed by atoms with E-state index < -0.39 is 5.63 Å². The maximum atomic E-state index is 12.3. The van der Waals surface area contributed by atoms with Crippen LogP contribution in [-0.4, -0.2) is 27.8 Å². The molecule has 0 aliphatic carbocycles. The molecular weight excluding hydrogens is 324 g/mol.